The lowest BCUT2D eigenvalue weighted by Gasteiger charge is -2.22. The van der Waals surface area contributed by atoms with Gasteiger partial charge in [-0.3, -0.25) is 9.97 Å². The Labute approximate surface area is 195 Å². The second-order valence-corrected chi connectivity index (χ2v) is 9.58. The van der Waals surface area contributed by atoms with Gasteiger partial charge in [-0.15, -0.1) is 0 Å². The summed E-state index contributed by atoms with van der Waals surface area (Å²) in [4.78, 5) is 9.38. The summed E-state index contributed by atoms with van der Waals surface area (Å²) in [6, 6.07) is 28.9. The zero-order valence-corrected chi connectivity index (χ0v) is 19.5. The van der Waals surface area contributed by atoms with Crippen LogP contribution < -0.4 is 0 Å². The van der Waals surface area contributed by atoms with E-state index in [1.165, 1.54) is 44.2 Å². The van der Waals surface area contributed by atoms with E-state index in [4.69, 9.17) is 4.98 Å². The van der Waals surface area contributed by atoms with E-state index >= 15 is 0 Å². The first-order valence-electron chi connectivity index (χ1n) is 11.5. The lowest BCUT2D eigenvalue weighted by molar-refractivity contribution is 0.660. The highest BCUT2D eigenvalue weighted by molar-refractivity contribution is 6.05. The van der Waals surface area contributed by atoms with E-state index in [1.807, 2.05) is 20.0 Å². The van der Waals surface area contributed by atoms with Gasteiger partial charge in [0.2, 0.25) is 0 Å². The van der Waals surface area contributed by atoms with Crippen LogP contribution in [0, 0.1) is 13.8 Å². The summed E-state index contributed by atoms with van der Waals surface area (Å²) in [5.41, 5.74) is 12.0. The molecule has 1 aliphatic rings. The smallest absolute Gasteiger partial charge is 0.0920 e. The van der Waals surface area contributed by atoms with E-state index in [1.54, 1.807) is 0 Å². The first kappa shape index (κ1) is 19.9. The zero-order chi connectivity index (χ0) is 22.7. The minimum Gasteiger partial charge on any atom is -0.255 e. The number of aromatic nitrogens is 2. The van der Waals surface area contributed by atoms with Gasteiger partial charge in [-0.25, -0.2) is 0 Å². The molecule has 0 saturated carbocycles. The van der Waals surface area contributed by atoms with Crippen LogP contribution in [0.3, 0.4) is 0 Å². The van der Waals surface area contributed by atoms with Gasteiger partial charge in [-0.2, -0.15) is 0 Å². The quantitative estimate of drug-likeness (QED) is 0.287. The van der Waals surface area contributed by atoms with E-state index in [0.717, 1.165) is 22.6 Å². The fraction of sp³-hybridized carbons (Fsp3) is 0.161. The monoisotopic (exact) mass is 426 g/mol. The van der Waals surface area contributed by atoms with Gasteiger partial charge < -0.3 is 0 Å². The number of rotatable bonds is 2. The van der Waals surface area contributed by atoms with Gasteiger partial charge in [0.05, 0.1) is 17.1 Å². The molecule has 0 atom stereocenters. The number of fused-ring (bicyclic) bond motifs is 4. The number of nitrogens with zero attached hydrogens (tertiary/aromatic N) is 2. The molecule has 0 saturated heterocycles. The van der Waals surface area contributed by atoms with Crippen LogP contribution in [0.4, 0.5) is 0 Å². The van der Waals surface area contributed by atoms with Crippen LogP contribution in [-0.2, 0) is 5.41 Å². The third kappa shape index (κ3) is 2.94. The normalized spacial score (nSPS) is 13.7. The largest absolute Gasteiger partial charge is 0.255 e. The first-order chi connectivity index (χ1) is 15.9. The molecule has 0 spiro atoms. The van der Waals surface area contributed by atoms with Crippen molar-refractivity contribution >= 4 is 10.8 Å². The predicted molar refractivity (Wildman–Crippen MR) is 137 cm³/mol. The molecule has 0 unspecified atom stereocenters. The summed E-state index contributed by atoms with van der Waals surface area (Å²) in [6.45, 7) is 8.69. The summed E-state index contributed by atoms with van der Waals surface area (Å²) >= 11 is 0. The summed E-state index contributed by atoms with van der Waals surface area (Å²) in [6.07, 6.45) is 1.85. The van der Waals surface area contributed by atoms with Crippen molar-refractivity contribution in [2.45, 2.75) is 33.1 Å². The van der Waals surface area contributed by atoms with Crippen LogP contribution in [0.15, 0.2) is 85.1 Å². The molecule has 0 fully saturated rings. The molecule has 0 N–H and O–H groups in total. The summed E-state index contributed by atoms with van der Waals surface area (Å²) in [5.74, 6) is 0. The fourth-order valence-electron chi connectivity index (χ4n) is 5.49. The summed E-state index contributed by atoms with van der Waals surface area (Å²) < 4.78 is 0. The maximum atomic E-state index is 4.73. The van der Waals surface area contributed by atoms with E-state index in [2.05, 4.69) is 97.7 Å². The van der Waals surface area contributed by atoms with E-state index < -0.39 is 0 Å². The number of hydrogen-bond donors (Lipinski definition) is 0. The van der Waals surface area contributed by atoms with E-state index in [-0.39, 0.29) is 5.41 Å². The molecule has 33 heavy (non-hydrogen) atoms. The van der Waals surface area contributed by atoms with Crippen molar-refractivity contribution in [1.82, 2.24) is 9.97 Å². The van der Waals surface area contributed by atoms with Gasteiger partial charge in [-0.05, 0) is 64.1 Å². The molecule has 2 nitrogen and oxygen atoms in total. The predicted octanol–water partition coefficient (Wildman–Crippen LogP) is 7.89. The lowest BCUT2D eigenvalue weighted by Crippen LogP contribution is -2.14. The molecule has 0 bridgehead atoms. The van der Waals surface area contributed by atoms with Gasteiger partial charge in [0, 0.05) is 17.2 Å². The van der Waals surface area contributed by atoms with E-state index in [0.29, 0.717) is 0 Å². The van der Waals surface area contributed by atoms with Crippen LogP contribution >= 0.6 is 0 Å². The van der Waals surface area contributed by atoms with Gasteiger partial charge in [0.25, 0.3) is 0 Å². The third-order valence-corrected chi connectivity index (χ3v) is 7.14. The minimum atomic E-state index is -0.00766. The van der Waals surface area contributed by atoms with Crippen LogP contribution in [-0.4, -0.2) is 9.97 Å². The third-order valence-electron chi connectivity index (χ3n) is 7.14. The summed E-state index contributed by atoms with van der Waals surface area (Å²) in [5, 5.41) is 2.45. The Balaban J connectivity index is 1.55. The first-order valence-corrected chi connectivity index (χ1v) is 11.5. The van der Waals surface area contributed by atoms with E-state index in [9.17, 15) is 0 Å². The Morgan fingerprint density at radius 2 is 1.27 bits per heavy atom. The van der Waals surface area contributed by atoms with Gasteiger partial charge in [-0.1, -0.05) is 86.6 Å². The van der Waals surface area contributed by atoms with Crippen molar-refractivity contribution in [3.05, 3.63) is 108 Å². The van der Waals surface area contributed by atoms with Crippen molar-refractivity contribution in [3.8, 4) is 33.5 Å². The molecule has 2 heteroatoms. The fourth-order valence-corrected chi connectivity index (χ4v) is 5.49. The highest BCUT2D eigenvalue weighted by atomic mass is 14.8. The van der Waals surface area contributed by atoms with Gasteiger partial charge in [0.15, 0.2) is 0 Å². The standard InChI is InChI=1S/C31H26N2/c1-19-18-32-30(20(2)33-19)27-16-15-22(23-9-5-6-10-24(23)27)21-13-14-26-25-11-7-8-12-28(25)31(3,4)29(26)17-21/h5-18H,1-4H3. The van der Waals surface area contributed by atoms with Crippen molar-refractivity contribution in [2.75, 3.05) is 0 Å². The molecule has 160 valence electrons. The molecule has 0 radical (unpaired) electrons. The molecule has 4 aromatic carbocycles. The van der Waals surface area contributed by atoms with Crippen LogP contribution in [0.2, 0.25) is 0 Å². The van der Waals surface area contributed by atoms with Crippen molar-refractivity contribution in [2.24, 2.45) is 0 Å². The second kappa shape index (κ2) is 7.11. The Bertz CT molecular complexity index is 1560. The van der Waals surface area contributed by atoms with Crippen molar-refractivity contribution in [3.63, 3.8) is 0 Å². The molecule has 0 aliphatic heterocycles. The maximum Gasteiger partial charge on any atom is 0.0920 e. The number of aryl methyl sites for hydroxylation is 2. The lowest BCUT2D eigenvalue weighted by atomic mass is 9.81. The highest BCUT2D eigenvalue weighted by Gasteiger charge is 2.35. The topological polar surface area (TPSA) is 25.8 Å². The Kier molecular flexibility index (Phi) is 4.28. The molecule has 0 amide bonds. The number of benzene rings is 4. The Morgan fingerprint density at radius 1 is 0.636 bits per heavy atom. The van der Waals surface area contributed by atoms with Gasteiger partial charge in [0.1, 0.15) is 0 Å². The molecule has 1 aromatic heterocycles. The zero-order valence-electron chi connectivity index (χ0n) is 19.5. The average Bonchev–Trinajstić information content (AvgIpc) is 3.05. The SMILES string of the molecule is Cc1cnc(-c2ccc(-c3ccc4c(c3)C(C)(C)c3ccccc3-4)c3ccccc23)c(C)n1. The molecule has 1 heterocycles. The Morgan fingerprint density at radius 3 is 2.06 bits per heavy atom. The molecular weight excluding hydrogens is 400 g/mol. The summed E-state index contributed by atoms with van der Waals surface area (Å²) in [7, 11) is 0. The van der Waals surface area contributed by atoms with Crippen molar-refractivity contribution < 1.29 is 0 Å². The minimum absolute atomic E-state index is 0.00766. The molecule has 6 rings (SSSR count). The number of hydrogen-bond acceptors (Lipinski definition) is 2. The molecule has 5 aromatic rings. The van der Waals surface area contributed by atoms with Crippen LogP contribution in [0.5, 0.6) is 0 Å². The highest BCUT2D eigenvalue weighted by Crippen LogP contribution is 2.50. The Hall–Kier alpha value is -3.78. The maximum absolute atomic E-state index is 4.73. The average molecular weight is 427 g/mol. The van der Waals surface area contributed by atoms with Gasteiger partial charge >= 0.3 is 0 Å². The van der Waals surface area contributed by atoms with Crippen LogP contribution in [0.25, 0.3) is 44.3 Å². The van der Waals surface area contributed by atoms with Crippen molar-refractivity contribution in [1.29, 1.82) is 0 Å². The second-order valence-electron chi connectivity index (χ2n) is 9.58. The molecule has 1 aliphatic carbocycles. The van der Waals surface area contributed by atoms with Crippen LogP contribution in [0.1, 0.15) is 36.4 Å². The molecular formula is C31H26N2.